The van der Waals surface area contributed by atoms with E-state index in [9.17, 15) is 0 Å². The molecule has 3 heteroatoms. The normalized spacial score (nSPS) is 27.3. The van der Waals surface area contributed by atoms with E-state index in [0.29, 0.717) is 11.5 Å². The van der Waals surface area contributed by atoms with Gasteiger partial charge < -0.3 is 10.1 Å². The van der Waals surface area contributed by atoms with Gasteiger partial charge in [0.25, 0.3) is 6.02 Å². The molecule has 0 amide bonds. The quantitative estimate of drug-likeness (QED) is 0.671. The number of nitrogens with one attached hydrogen (secondary N) is 1. The Hall–Kier alpha value is -0.730. The highest BCUT2D eigenvalue weighted by molar-refractivity contribution is 5.75. The largest absolute Gasteiger partial charge is 0.463 e. The summed E-state index contributed by atoms with van der Waals surface area (Å²) < 4.78 is 5.29. The summed E-state index contributed by atoms with van der Waals surface area (Å²) in [5.41, 5.74) is 0.495. The molecule has 1 fully saturated rings. The fourth-order valence-electron chi connectivity index (χ4n) is 1.41. The lowest BCUT2D eigenvalue weighted by molar-refractivity contribution is 0.311. The third-order valence-electron chi connectivity index (χ3n) is 3.01. The minimum atomic E-state index is 0.495. The molecule has 1 N–H and O–H groups in total. The van der Waals surface area contributed by atoms with Gasteiger partial charge in [0.1, 0.15) is 6.61 Å². The van der Waals surface area contributed by atoms with E-state index < -0.39 is 0 Å². The van der Waals surface area contributed by atoms with Crippen molar-refractivity contribution in [3.63, 3.8) is 0 Å². The predicted octanol–water partition coefficient (Wildman–Crippen LogP) is 1.15. The molecular formula is C9H16N2O. The van der Waals surface area contributed by atoms with E-state index >= 15 is 0 Å². The van der Waals surface area contributed by atoms with Gasteiger partial charge >= 0.3 is 0 Å². The lowest BCUT2D eigenvalue weighted by atomic mass is 10.0. The van der Waals surface area contributed by atoms with Crippen LogP contribution in [0.1, 0.15) is 26.7 Å². The van der Waals surface area contributed by atoms with Gasteiger partial charge in [-0.05, 0) is 25.2 Å². The van der Waals surface area contributed by atoms with Crippen LogP contribution in [-0.4, -0.2) is 25.2 Å². The second kappa shape index (κ2) is 2.64. The van der Waals surface area contributed by atoms with Gasteiger partial charge in [-0.25, -0.2) is 4.99 Å². The topological polar surface area (TPSA) is 33.6 Å². The van der Waals surface area contributed by atoms with Gasteiger partial charge in [0.15, 0.2) is 0 Å². The average molecular weight is 168 g/mol. The summed E-state index contributed by atoms with van der Waals surface area (Å²) in [7, 11) is 0. The van der Waals surface area contributed by atoms with Gasteiger partial charge in [0, 0.05) is 6.04 Å². The Balaban J connectivity index is 1.85. The van der Waals surface area contributed by atoms with Crippen molar-refractivity contribution in [2.24, 2.45) is 10.4 Å². The van der Waals surface area contributed by atoms with E-state index in [1.807, 2.05) is 0 Å². The average Bonchev–Trinajstić information content (AvgIpc) is 2.63. The van der Waals surface area contributed by atoms with Crippen LogP contribution in [0.3, 0.4) is 0 Å². The molecule has 0 radical (unpaired) electrons. The maximum absolute atomic E-state index is 5.29. The Labute approximate surface area is 73.2 Å². The Morgan fingerprint density at radius 3 is 2.83 bits per heavy atom. The number of nitrogens with zero attached hydrogens (tertiary/aromatic N) is 1. The molecule has 0 aromatic rings. The van der Waals surface area contributed by atoms with Crippen molar-refractivity contribution in [2.45, 2.75) is 32.7 Å². The molecule has 1 aliphatic heterocycles. The molecule has 12 heavy (non-hydrogen) atoms. The monoisotopic (exact) mass is 168 g/mol. The molecule has 1 saturated carbocycles. The second-order valence-electron chi connectivity index (χ2n) is 4.06. The van der Waals surface area contributed by atoms with Crippen LogP contribution >= 0.6 is 0 Å². The van der Waals surface area contributed by atoms with Crippen molar-refractivity contribution in [1.82, 2.24) is 5.32 Å². The summed E-state index contributed by atoms with van der Waals surface area (Å²) in [6.07, 6.45) is 2.66. The number of ether oxygens (including phenoxy) is 1. The zero-order valence-corrected chi connectivity index (χ0v) is 7.76. The van der Waals surface area contributed by atoms with E-state index in [1.165, 1.54) is 12.8 Å². The molecule has 0 aromatic heterocycles. The van der Waals surface area contributed by atoms with Crippen LogP contribution in [-0.2, 0) is 4.74 Å². The van der Waals surface area contributed by atoms with Crippen molar-refractivity contribution in [2.75, 3.05) is 13.2 Å². The van der Waals surface area contributed by atoms with Crippen LogP contribution in [0.2, 0.25) is 0 Å². The minimum absolute atomic E-state index is 0.495. The maximum Gasteiger partial charge on any atom is 0.285 e. The Bertz CT molecular complexity index is 209. The van der Waals surface area contributed by atoms with E-state index in [1.54, 1.807) is 0 Å². The van der Waals surface area contributed by atoms with Crippen molar-refractivity contribution in [3.05, 3.63) is 0 Å². The fraction of sp³-hybridized carbons (Fsp3) is 0.889. The highest BCUT2D eigenvalue weighted by atomic mass is 16.5. The van der Waals surface area contributed by atoms with Crippen LogP contribution in [0.25, 0.3) is 0 Å². The van der Waals surface area contributed by atoms with E-state index in [-0.39, 0.29) is 0 Å². The van der Waals surface area contributed by atoms with E-state index in [4.69, 9.17) is 4.74 Å². The summed E-state index contributed by atoms with van der Waals surface area (Å²) in [5.74, 6) is 0. The SMILES string of the molecule is CC(NC1=NCCO1)C1(C)CC1. The number of aliphatic imine (C=N–C) groups is 1. The Morgan fingerprint density at radius 1 is 1.58 bits per heavy atom. The van der Waals surface area contributed by atoms with E-state index in [0.717, 1.165) is 19.2 Å². The first-order valence-electron chi connectivity index (χ1n) is 4.64. The predicted molar refractivity (Wildman–Crippen MR) is 48.2 cm³/mol. The molecule has 3 nitrogen and oxygen atoms in total. The minimum Gasteiger partial charge on any atom is -0.463 e. The lowest BCUT2D eigenvalue weighted by Gasteiger charge is -2.20. The second-order valence-corrected chi connectivity index (χ2v) is 4.06. The van der Waals surface area contributed by atoms with Crippen LogP contribution in [0, 0.1) is 5.41 Å². The highest BCUT2D eigenvalue weighted by Crippen LogP contribution is 2.47. The third-order valence-corrected chi connectivity index (χ3v) is 3.01. The van der Waals surface area contributed by atoms with Crippen molar-refractivity contribution in [3.8, 4) is 0 Å². The summed E-state index contributed by atoms with van der Waals surface area (Å²) in [6, 6.07) is 1.24. The van der Waals surface area contributed by atoms with Crippen molar-refractivity contribution < 1.29 is 4.74 Å². The van der Waals surface area contributed by atoms with Gasteiger partial charge in [-0.1, -0.05) is 6.92 Å². The van der Waals surface area contributed by atoms with Crippen LogP contribution in [0.15, 0.2) is 4.99 Å². The molecule has 1 heterocycles. The fourth-order valence-corrected chi connectivity index (χ4v) is 1.41. The first-order chi connectivity index (χ1) is 5.71. The summed E-state index contributed by atoms with van der Waals surface area (Å²) in [4.78, 5) is 4.20. The first-order valence-corrected chi connectivity index (χ1v) is 4.64. The smallest absolute Gasteiger partial charge is 0.285 e. The number of hydrogen-bond acceptors (Lipinski definition) is 3. The maximum atomic E-state index is 5.29. The molecule has 1 unspecified atom stereocenters. The molecule has 0 spiro atoms. The first kappa shape index (κ1) is 7.90. The van der Waals surface area contributed by atoms with Gasteiger partial charge in [-0.2, -0.15) is 0 Å². The van der Waals surface area contributed by atoms with Crippen molar-refractivity contribution in [1.29, 1.82) is 0 Å². The van der Waals surface area contributed by atoms with Crippen LogP contribution < -0.4 is 5.32 Å². The van der Waals surface area contributed by atoms with Gasteiger partial charge in [0.2, 0.25) is 0 Å². The molecular weight excluding hydrogens is 152 g/mol. The number of rotatable bonds is 2. The summed E-state index contributed by atoms with van der Waals surface area (Å²) in [5, 5.41) is 3.31. The molecule has 2 rings (SSSR count). The number of amidine groups is 1. The highest BCUT2D eigenvalue weighted by Gasteiger charge is 2.43. The Morgan fingerprint density at radius 2 is 2.33 bits per heavy atom. The standard InChI is InChI=1S/C9H16N2O/c1-7(9(2)3-4-9)11-8-10-5-6-12-8/h7H,3-6H2,1-2H3,(H,10,11). The van der Waals surface area contributed by atoms with Crippen LogP contribution in [0.4, 0.5) is 0 Å². The lowest BCUT2D eigenvalue weighted by Crippen LogP contribution is -2.38. The molecule has 1 atom stereocenters. The van der Waals surface area contributed by atoms with Gasteiger partial charge in [0.05, 0.1) is 6.54 Å². The summed E-state index contributed by atoms with van der Waals surface area (Å²) in [6.45, 7) is 6.06. The van der Waals surface area contributed by atoms with Crippen molar-refractivity contribution >= 4 is 6.02 Å². The van der Waals surface area contributed by atoms with Gasteiger partial charge in [-0.15, -0.1) is 0 Å². The van der Waals surface area contributed by atoms with E-state index in [2.05, 4.69) is 24.2 Å². The summed E-state index contributed by atoms with van der Waals surface area (Å²) >= 11 is 0. The molecule has 2 aliphatic rings. The van der Waals surface area contributed by atoms with Crippen LogP contribution in [0.5, 0.6) is 0 Å². The zero-order valence-electron chi connectivity index (χ0n) is 7.76. The molecule has 0 bridgehead atoms. The number of hydrogen-bond donors (Lipinski definition) is 1. The molecule has 68 valence electrons. The molecule has 0 aromatic carbocycles. The molecule has 1 aliphatic carbocycles. The zero-order chi connectivity index (χ0) is 8.60. The van der Waals surface area contributed by atoms with Gasteiger partial charge in [-0.3, -0.25) is 0 Å². The third kappa shape index (κ3) is 1.40. The molecule has 0 saturated heterocycles. The Kier molecular flexibility index (Phi) is 1.74.